The van der Waals surface area contributed by atoms with Crippen LogP contribution >= 0.6 is 0 Å². The van der Waals surface area contributed by atoms with Crippen molar-refractivity contribution in [2.45, 2.75) is 32.3 Å². The van der Waals surface area contributed by atoms with Crippen molar-refractivity contribution >= 4 is 11.6 Å². The number of aryl methyl sites for hydroxylation is 1. The number of carbonyl (C=O) groups excluding carboxylic acids is 1. The number of benzene rings is 2. The lowest BCUT2D eigenvalue weighted by Gasteiger charge is -2.13. The summed E-state index contributed by atoms with van der Waals surface area (Å²) >= 11 is 0. The lowest BCUT2D eigenvalue weighted by Crippen LogP contribution is -2.17. The molecule has 1 amide bonds. The lowest BCUT2D eigenvalue weighted by atomic mass is 10.1. The summed E-state index contributed by atoms with van der Waals surface area (Å²) in [6, 6.07) is 15.4. The van der Waals surface area contributed by atoms with Crippen LogP contribution in [-0.2, 0) is 16.0 Å². The Hall–Kier alpha value is -2.33. The van der Waals surface area contributed by atoms with Crippen molar-refractivity contribution in [2.75, 3.05) is 18.5 Å². The van der Waals surface area contributed by atoms with Crippen LogP contribution in [0.4, 0.5) is 5.69 Å². The molecule has 0 aromatic heterocycles. The van der Waals surface area contributed by atoms with Crippen LogP contribution in [0.5, 0.6) is 5.75 Å². The van der Waals surface area contributed by atoms with Crippen LogP contribution in [0.25, 0.3) is 0 Å². The van der Waals surface area contributed by atoms with E-state index < -0.39 is 0 Å². The van der Waals surface area contributed by atoms with Gasteiger partial charge in [0.15, 0.2) is 0 Å². The highest BCUT2D eigenvalue weighted by atomic mass is 16.5. The first-order chi connectivity index (χ1) is 11.7. The Kier molecular flexibility index (Phi) is 5.49. The van der Waals surface area contributed by atoms with Gasteiger partial charge in [0.25, 0.3) is 0 Å². The summed E-state index contributed by atoms with van der Waals surface area (Å²) in [7, 11) is 0. The molecule has 1 aliphatic heterocycles. The Morgan fingerprint density at radius 1 is 1.25 bits per heavy atom. The van der Waals surface area contributed by atoms with Gasteiger partial charge in [0.2, 0.25) is 5.91 Å². The van der Waals surface area contributed by atoms with Gasteiger partial charge in [0, 0.05) is 18.4 Å². The molecule has 2 aromatic carbocycles. The molecule has 1 N–H and O–H groups in total. The van der Waals surface area contributed by atoms with Crippen LogP contribution in [0.1, 0.15) is 24.0 Å². The van der Waals surface area contributed by atoms with Crippen molar-refractivity contribution in [3.8, 4) is 5.75 Å². The van der Waals surface area contributed by atoms with Gasteiger partial charge in [0.05, 0.1) is 12.5 Å². The Balaban J connectivity index is 1.55. The third kappa shape index (κ3) is 4.59. The van der Waals surface area contributed by atoms with Gasteiger partial charge in [-0.1, -0.05) is 30.3 Å². The first-order valence-electron chi connectivity index (χ1n) is 8.39. The van der Waals surface area contributed by atoms with Gasteiger partial charge in [-0.05, 0) is 43.0 Å². The Bertz CT molecular complexity index is 693. The minimum atomic E-state index is -0.0272. The number of ether oxygens (including phenoxy) is 2. The van der Waals surface area contributed by atoms with Gasteiger partial charge in [-0.25, -0.2) is 0 Å². The fraction of sp³-hybridized carbons (Fsp3) is 0.350. The molecule has 126 valence electrons. The minimum Gasteiger partial charge on any atom is -0.491 e. The molecule has 3 rings (SSSR count). The van der Waals surface area contributed by atoms with Crippen LogP contribution in [0.3, 0.4) is 0 Å². The summed E-state index contributed by atoms with van der Waals surface area (Å²) in [6.45, 7) is 3.39. The molecule has 0 bridgehead atoms. The highest BCUT2D eigenvalue weighted by Crippen LogP contribution is 2.20. The summed E-state index contributed by atoms with van der Waals surface area (Å²) in [5.41, 5.74) is 2.92. The molecular weight excluding hydrogens is 302 g/mol. The number of carbonyl (C=O) groups is 1. The number of hydrogen-bond acceptors (Lipinski definition) is 3. The SMILES string of the molecule is Cc1ccccc1CC(=O)Nc1cccc(OCC2CCCO2)c1. The average molecular weight is 325 g/mol. The molecule has 0 aliphatic carbocycles. The second-order valence-electron chi connectivity index (χ2n) is 6.13. The largest absolute Gasteiger partial charge is 0.491 e. The quantitative estimate of drug-likeness (QED) is 0.880. The molecule has 1 fully saturated rings. The van der Waals surface area contributed by atoms with E-state index in [9.17, 15) is 4.79 Å². The molecular formula is C20H23NO3. The van der Waals surface area contributed by atoms with E-state index >= 15 is 0 Å². The monoisotopic (exact) mass is 325 g/mol. The van der Waals surface area contributed by atoms with Gasteiger partial charge in [-0.2, -0.15) is 0 Å². The predicted octanol–water partition coefficient (Wildman–Crippen LogP) is 3.73. The molecule has 24 heavy (non-hydrogen) atoms. The van der Waals surface area contributed by atoms with Crippen molar-refractivity contribution in [2.24, 2.45) is 0 Å². The summed E-state index contributed by atoms with van der Waals surface area (Å²) < 4.78 is 11.3. The Labute approximate surface area is 142 Å². The summed E-state index contributed by atoms with van der Waals surface area (Å²) in [5.74, 6) is 0.722. The molecule has 0 spiro atoms. The molecule has 4 nitrogen and oxygen atoms in total. The smallest absolute Gasteiger partial charge is 0.228 e. The third-order valence-corrected chi connectivity index (χ3v) is 4.19. The van der Waals surface area contributed by atoms with Gasteiger partial charge < -0.3 is 14.8 Å². The Morgan fingerprint density at radius 3 is 2.92 bits per heavy atom. The molecule has 1 aliphatic rings. The van der Waals surface area contributed by atoms with Crippen LogP contribution < -0.4 is 10.1 Å². The lowest BCUT2D eigenvalue weighted by molar-refractivity contribution is -0.115. The molecule has 1 unspecified atom stereocenters. The van der Waals surface area contributed by atoms with Crippen LogP contribution in [0.2, 0.25) is 0 Å². The normalized spacial score (nSPS) is 16.8. The molecule has 1 heterocycles. The van der Waals surface area contributed by atoms with Gasteiger partial charge >= 0.3 is 0 Å². The molecule has 0 saturated carbocycles. The Morgan fingerprint density at radius 2 is 2.12 bits per heavy atom. The van der Waals surface area contributed by atoms with Crippen molar-refractivity contribution in [3.05, 3.63) is 59.7 Å². The summed E-state index contributed by atoms with van der Waals surface area (Å²) in [4.78, 5) is 12.2. The molecule has 4 heteroatoms. The van der Waals surface area contributed by atoms with E-state index in [0.717, 1.165) is 42.0 Å². The number of hydrogen-bond donors (Lipinski definition) is 1. The maximum absolute atomic E-state index is 12.2. The maximum Gasteiger partial charge on any atom is 0.228 e. The number of rotatable bonds is 6. The van der Waals surface area contributed by atoms with Crippen molar-refractivity contribution in [1.82, 2.24) is 0 Å². The topological polar surface area (TPSA) is 47.6 Å². The molecule has 0 radical (unpaired) electrons. The van der Waals surface area contributed by atoms with Crippen molar-refractivity contribution < 1.29 is 14.3 Å². The zero-order chi connectivity index (χ0) is 16.8. The second-order valence-corrected chi connectivity index (χ2v) is 6.13. The first kappa shape index (κ1) is 16.5. The maximum atomic E-state index is 12.2. The van der Waals surface area contributed by atoms with E-state index in [-0.39, 0.29) is 12.0 Å². The average Bonchev–Trinajstić information content (AvgIpc) is 3.09. The van der Waals surface area contributed by atoms with Crippen LogP contribution in [0.15, 0.2) is 48.5 Å². The highest BCUT2D eigenvalue weighted by molar-refractivity contribution is 5.92. The van der Waals surface area contributed by atoms with Crippen molar-refractivity contribution in [1.29, 1.82) is 0 Å². The highest BCUT2D eigenvalue weighted by Gasteiger charge is 2.16. The fourth-order valence-electron chi connectivity index (χ4n) is 2.82. The van der Waals surface area contributed by atoms with E-state index in [1.807, 2.05) is 55.5 Å². The predicted molar refractivity (Wildman–Crippen MR) is 94.4 cm³/mol. The molecule has 1 atom stereocenters. The number of amides is 1. The number of anilines is 1. The minimum absolute atomic E-state index is 0.0272. The second kappa shape index (κ2) is 7.97. The van der Waals surface area contributed by atoms with E-state index in [1.165, 1.54) is 0 Å². The first-order valence-corrected chi connectivity index (χ1v) is 8.39. The number of nitrogens with one attached hydrogen (secondary N) is 1. The fourth-order valence-corrected chi connectivity index (χ4v) is 2.82. The molecule has 2 aromatic rings. The van der Waals surface area contributed by atoms with Gasteiger partial charge in [-0.3, -0.25) is 4.79 Å². The van der Waals surface area contributed by atoms with Gasteiger partial charge in [-0.15, -0.1) is 0 Å². The van der Waals surface area contributed by atoms with Gasteiger partial charge in [0.1, 0.15) is 12.4 Å². The molecule has 1 saturated heterocycles. The van der Waals surface area contributed by atoms with E-state index in [1.54, 1.807) is 0 Å². The zero-order valence-corrected chi connectivity index (χ0v) is 14.0. The third-order valence-electron chi connectivity index (χ3n) is 4.19. The zero-order valence-electron chi connectivity index (χ0n) is 14.0. The standard InChI is InChI=1S/C20H23NO3/c1-15-6-2-3-7-16(15)12-20(22)21-17-8-4-9-18(13-17)24-14-19-10-5-11-23-19/h2-4,6-9,13,19H,5,10-12,14H2,1H3,(H,21,22). The summed E-state index contributed by atoms with van der Waals surface area (Å²) in [5, 5.41) is 2.94. The van der Waals surface area contributed by atoms with E-state index in [4.69, 9.17) is 9.47 Å². The van der Waals surface area contributed by atoms with Crippen LogP contribution in [0, 0.1) is 6.92 Å². The van der Waals surface area contributed by atoms with E-state index in [0.29, 0.717) is 13.0 Å². The van der Waals surface area contributed by atoms with Crippen LogP contribution in [-0.4, -0.2) is 25.2 Å². The summed E-state index contributed by atoms with van der Waals surface area (Å²) in [6.07, 6.45) is 2.70. The van der Waals surface area contributed by atoms with E-state index in [2.05, 4.69) is 5.32 Å². The van der Waals surface area contributed by atoms with Crippen molar-refractivity contribution in [3.63, 3.8) is 0 Å².